The minimum atomic E-state index is 0.826. The summed E-state index contributed by atoms with van der Waals surface area (Å²) in [5.41, 5.74) is 0. The third kappa shape index (κ3) is 5.20. The van der Waals surface area contributed by atoms with E-state index < -0.39 is 0 Å². The molecule has 0 aromatic heterocycles. The summed E-state index contributed by atoms with van der Waals surface area (Å²) in [6.45, 7) is 0.826. The molecule has 0 unspecified atom stereocenters. The number of alkyl halides is 1. The maximum absolute atomic E-state index is 5.61. The van der Waals surface area contributed by atoms with Crippen LogP contribution in [0.15, 0.2) is 24.3 Å². The maximum atomic E-state index is 5.61. The third-order valence-corrected chi connectivity index (χ3v) is 3.07. The van der Waals surface area contributed by atoms with Gasteiger partial charge in [0.15, 0.2) is 0 Å². The van der Waals surface area contributed by atoms with Gasteiger partial charge in [0, 0.05) is 8.90 Å². The summed E-state index contributed by atoms with van der Waals surface area (Å²) in [6.07, 6.45) is 3.60. The largest absolute Gasteiger partial charge is 0.494 e. The van der Waals surface area contributed by atoms with Crippen molar-refractivity contribution in [2.24, 2.45) is 0 Å². The number of benzene rings is 1. The van der Waals surface area contributed by atoms with Gasteiger partial charge in [-0.3, -0.25) is 0 Å². The van der Waals surface area contributed by atoms with Gasteiger partial charge in [0.05, 0.1) is 6.61 Å². The second-order valence-electron chi connectivity index (χ2n) is 3.06. The van der Waals surface area contributed by atoms with Gasteiger partial charge in [0.25, 0.3) is 0 Å². The molecule has 0 aliphatic carbocycles. The van der Waals surface area contributed by atoms with Crippen LogP contribution in [0, 0.1) is 3.57 Å². The SMILES string of the molecule is BrCCCCCOc1cccc(I)c1. The van der Waals surface area contributed by atoms with E-state index in [1.165, 1.54) is 16.4 Å². The first kappa shape index (κ1) is 12.3. The monoisotopic (exact) mass is 368 g/mol. The van der Waals surface area contributed by atoms with Crippen molar-refractivity contribution in [2.45, 2.75) is 19.3 Å². The fraction of sp³-hybridized carbons (Fsp3) is 0.455. The molecule has 3 heteroatoms. The van der Waals surface area contributed by atoms with E-state index in [-0.39, 0.29) is 0 Å². The third-order valence-electron chi connectivity index (χ3n) is 1.84. The van der Waals surface area contributed by atoms with Crippen molar-refractivity contribution < 1.29 is 4.74 Å². The molecule has 0 amide bonds. The Morgan fingerprint density at radius 1 is 1.21 bits per heavy atom. The molecular formula is C11H14BrIO. The van der Waals surface area contributed by atoms with Gasteiger partial charge in [-0.05, 0) is 60.1 Å². The lowest BCUT2D eigenvalue weighted by Gasteiger charge is -2.05. The van der Waals surface area contributed by atoms with Crippen LogP contribution < -0.4 is 4.74 Å². The lowest BCUT2D eigenvalue weighted by atomic mass is 10.3. The highest BCUT2D eigenvalue weighted by Crippen LogP contribution is 2.15. The molecule has 0 atom stereocenters. The lowest BCUT2D eigenvalue weighted by molar-refractivity contribution is 0.306. The van der Waals surface area contributed by atoms with Crippen molar-refractivity contribution in [1.82, 2.24) is 0 Å². The van der Waals surface area contributed by atoms with Crippen LogP contribution in [0.1, 0.15) is 19.3 Å². The molecule has 0 saturated carbocycles. The molecule has 1 nitrogen and oxygen atoms in total. The Morgan fingerprint density at radius 3 is 2.79 bits per heavy atom. The first-order chi connectivity index (χ1) is 6.83. The van der Waals surface area contributed by atoms with Crippen LogP contribution in [0.25, 0.3) is 0 Å². The zero-order valence-corrected chi connectivity index (χ0v) is 11.8. The van der Waals surface area contributed by atoms with Crippen LogP contribution in [0.3, 0.4) is 0 Å². The molecule has 1 aromatic carbocycles. The van der Waals surface area contributed by atoms with Gasteiger partial charge < -0.3 is 4.74 Å². The van der Waals surface area contributed by atoms with Crippen molar-refractivity contribution >= 4 is 38.5 Å². The highest BCUT2D eigenvalue weighted by atomic mass is 127. The van der Waals surface area contributed by atoms with Crippen LogP contribution >= 0.6 is 38.5 Å². The molecule has 0 N–H and O–H groups in total. The molecule has 14 heavy (non-hydrogen) atoms. The highest BCUT2D eigenvalue weighted by Gasteiger charge is 1.94. The molecule has 1 aromatic rings. The van der Waals surface area contributed by atoms with E-state index in [1.807, 2.05) is 12.1 Å². The topological polar surface area (TPSA) is 9.23 Å². The molecule has 0 aliphatic rings. The van der Waals surface area contributed by atoms with E-state index in [9.17, 15) is 0 Å². The number of ether oxygens (including phenoxy) is 1. The summed E-state index contributed by atoms with van der Waals surface area (Å²) in [7, 11) is 0. The van der Waals surface area contributed by atoms with Gasteiger partial charge in [0.2, 0.25) is 0 Å². The molecular weight excluding hydrogens is 355 g/mol. The summed E-state index contributed by atoms with van der Waals surface area (Å²) in [5, 5.41) is 1.09. The first-order valence-corrected chi connectivity index (χ1v) is 6.97. The summed E-state index contributed by atoms with van der Waals surface area (Å²) in [6, 6.07) is 8.16. The molecule has 0 saturated heterocycles. The second kappa shape index (κ2) is 7.51. The average Bonchev–Trinajstić information content (AvgIpc) is 2.18. The zero-order chi connectivity index (χ0) is 10.2. The van der Waals surface area contributed by atoms with E-state index in [0.29, 0.717) is 0 Å². The van der Waals surface area contributed by atoms with Gasteiger partial charge >= 0.3 is 0 Å². The summed E-state index contributed by atoms with van der Waals surface area (Å²) in [4.78, 5) is 0. The number of halogens is 2. The van der Waals surface area contributed by atoms with Gasteiger partial charge in [-0.15, -0.1) is 0 Å². The Bertz CT molecular complexity index is 265. The van der Waals surface area contributed by atoms with Gasteiger partial charge in [-0.2, -0.15) is 0 Å². The van der Waals surface area contributed by atoms with Crippen molar-refractivity contribution in [1.29, 1.82) is 0 Å². The Hall–Kier alpha value is 0.230. The van der Waals surface area contributed by atoms with E-state index in [1.54, 1.807) is 0 Å². The quantitative estimate of drug-likeness (QED) is 0.414. The lowest BCUT2D eigenvalue weighted by Crippen LogP contribution is -1.97. The van der Waals surface area contributed by atoms with Gasteiger partial charge in [-0.1, -0.05) is 22.0 Å². The van der Waals surface area contributed by atoms with Gasteiger partial charge in [0.1, 0.15) is 5.75 Å². The molecule has 78 valence electrons. The van der Waals surface area contributed by atoms with Crippen molar-refractivity contribution in [3.8, 4) is 5.75 Å². The Balaban J connectivity index is 2.18. The average molecular weight is 369 g/mol. The number of hydrogen-bond acceptors (Lipinski definition) is 1. The second-order valence-corrected chi connectivity index (χ2v) is 5.09. The normalized spacial score (nSPS) is 10.1. The summed E-state index contributed by atoms with van der Waals surface area (Å²) >= 11 is 5.71. The summed E-state index contributed by atoms with van der Waals surface area (Å²) in [5.74, 6) is 0.982. The highest BCUT2D eigenvalue weighted by molar-refractivity contribution is 14.1. The van der Waals surface area contributed by atoms with Crippen molar-refractivity contribution in [3.63, 3.8) is 0 Å². The van der Waals surface area contributed by atoms with Crippen molar-refractivity contribution in [2.75, 3.05) is 11.9 Å². The number of hydrogen-bond donors (Lipinski definition) is 0. The van der Waals surface area contributed by atoms with Crippen LogP contribution in [0.2, 0.25) is 0 Å². The van der Waals surface area contributed by atoms with E-state index >= 15 is 0 Å². The molecule has 0 spiro atoms. The van der Waals surface area contributed by atoms with Crippen molar-refractivity contribution in [3.05, 3.63) is 27.8 Å². The fourth-order valence-corrected chi connectivity index (χ4v) is 2.03. The Kier molecular flexibility index (Phi) is 6.60. The minimum absolute atomic E-state index is 0.826. The molecule has 0 heterocycles. The molecule has 0 aliphatic heterocycles. The maximum Gasteiger partial charge on any atom is 0.120 e. The van der Waals surface area contributed by atoms with E-state index in [0.717, 1.165) is 24.1 Å². The van der Waals surface area contributed by atoms with E-state index in [2.05, 4.69) is 50.7 Å². The predicted molar refractivity (Wildman–Crippen MR) is 72.3 cm³/mol. The first-order valence-electron chi connectivity index (χ1n) is 4.77. The number of rotatable bonds is 6. The molecule has 0 radical (unpaired) electrons. The van der Waals surface area contributed by atoms with E-state index in [4.69, 9.17) is 4.74 Å². The van der Waals surface area contributed by atoms with Crippen LogP contribution in [0.5, 0.6) is 5.75 Å². The zero-order valence-electron chi connectivity index (χ0n) is 8.01. The number of unbranched alkanes of at least 4 members (excludes halogenated alkanes) is 2. The van der Waals surface area contributed by atoms with Crippen LogP contribution in [-0.2, 0) is 0 Å². The Labute approximate surface area is 107 Å². The molecule has 1 rings (SSSR count). The standard InChI is InChI=1S/C11H14BrIO/c12-7-2-1-3-8-14-11-6-4-5-10(13)9-11/h4-6,9H,1-3,7-8H2. The smallest absolute Gasteiger partial charge is 0.120 e. The fourth-order valence-electron chi connectivity index (χ4n) is 1.12. The Morgan fingerprint density at radius 2 is 2.07 bits per heavy atom. The van der Waals surface area contributed by atoms with Gasteiger partial charge in [-0.25, -0.2) is 0 Å². The van der Waals surface area contributed by atoms with Crippen LogP contribution in [0.4, 0.5) is 0 Å². The minimum Gasteiger partial charge on any atom is -0.494 e. The summed E-state index contributed by atoms with van der Waals surface area (Å²) < 4.78 is 6.84. The van der Waals surface area contributed by atoms with Crippen LogP contribution in [-0.4, -0.2) is 11.9 Å². The molecule has 0 fully saturated rings. The predicted octanol–water partition coefficient (Wildman–Crippen LogP) is 4.24. The molecule has 0 bridgehead atoms.